The predicted molar refractivity (Wildman–Crippen MR) is 62.4 cm³/mol. The Bertz CT molecular complexity index is 289. The van der Waals surface area contributed by atoms with Crippen LogP contribution in [-0.4, -0.2) is 47.9 Å². The summed E-state index contributed by atoms with van der Waals surface area (Å²) in [5.74, 6) is -1.24. The van der Waals surface area contributed by atoms with E-state index in [1.165, 1.54) is 7.05 Å². The van der Waals surface area contributed by atoms with Crippen LogP contribution in [0.4, 0.5) is 0 Å². The number of carboxylic acids is 1. The summed E-state index contributed by atoms with van der Waals surface area (Å²) < 4.78 is 0. The van der Waals surface area contributed by atoms with Gasteiger partial charge >= 0.3 is 5.97 Å². The number of hydrogen-bond donors (Lipinski definition) is 2. The minimum absolute atomic E-state index is 0.152. The van der Waals surface area contributed by atoms with Crippen LogP contribution in [0.15, 0.2) is 0 Å². The van der Waals surface area contributed by atoms with Crippen molar-refractivity contribution in [1.29, 1.82) is 0 Å². The van der Waals surface area contributed by atoms with Gasteiger partial charge in [-0.2, -0.15) is 0 Å². The molecule has 0 unspecified atom stereocenters. The van der Waals surface area contributed by atoms with E-state index in [9.17, 15) is 14.4 Å². The number of carboxylic acid groups (broad SMARTS) is 1. The van der Waals surface area contributed by atoms with E-state index in [4.69, 9.17) is 5.11 Å². The molecule has 0 rings (SSSR count). The highest BCUT2D eigenvalue weighted by Crippen LogP contribution is 2.02. The average Bonchev–Trinajstić information content (AvgIpc) is 2.21. The van der Waals surface area contributed by atoms with Crippen LogP contribution >= 0.6 is 0 Å². The van der Waals surface area contributed by atoms with Crippen molar-refractivity contribution in [1.82, 2.24) is 10.2 Å². The molecule has 0 radical (unpaired) electrons. The molecule has 0 aliphatic heterocycles. The van der Waals surface area contributed by atoms with Gasteiger partial charge in [0.15, 0.2) is 0 Å². The molecule has 0 aliphatic carbocycles. The first-order chi connectivity index (χ1) is 7.82. The van der Waals surface area contributed by atoms with Crippen LogP contribution in [0.25, 0.3) is 0 Å². The number of nitrogens with zero attached hydrogens (tertiary/aromatic N) is 1. The van der Waals surface area contributed by atoms with E-state index in [-0.39, 0.29) is 19.0 Å². The van der Waals surface area contributed by atoms with Crippen molar-refractivity contribution in [2.45, 2.75) is 26.7 Å². The minimum Gasteiger partial charge on any atom is -0.480 e. The quantitative estimate of drug-likeness (QED) is 0.664. The fraction of sp³-hybridized carbons (Fsp3) is 0.727. The van der Waals surface area contributed by atoms with E-state index in [0.29, 0.717) is 12.3 Å². The molecule has 17 heavy (non-hydrogen) atoms. The number of carbonyl (C=O) groups is 3. The third kappa shape index (κ3) is 8.24. The lowest BCUT2D eigenvalue weighted by atomic mass is 10.1. The first-order valence-electron chi connectivity index (χ1n) is 5.55. The van der Waals surface area contributed by atoms with Crippen molar-refractivity contribution in [2.75, 3.05) is 20.1 Å². The second kappa shape index (κ2) is 7.65. The number of likely N-dealkylation sites (N-methyl/N-ethyl adjacent to an activating group) is 1. The van der Waals surface area contributed by atoms with Gasteiger partial charge in [-0.25, -0.2) is 0 Å². The molecule has 0 spiro atoms. The fourth-order valence-corrected chi connectivity index (χ4v) is 1.11. The number of amides is 2. The van der Waals surface area contributed by atoms with Crippen LogP contribution in [0.3, 0.4) is 0 Å². The summed E-state index contributed by atoms with van der Waals surface area (Å²) in [4.78, 5) is 34.1. The van der Waals surface area contributed by atoms with Gasteiger partial charge in [-0.15, -0.1) is 0 Å². The molecular formula is C11H20N2O4. The Labute approximate surface area is 101 Å². The van der Waals surface area contributed by atoms with Gasteiger partial charge in [-0.05, 0) is 12.3 Å². The van der Waals surface area contributed by atoms with E-state index >= 15 is 0 Å². The van der Waals surface area contributed by atoms with Crippen molar-refractivity contribution in [3.63, 3.8) is 0 Å². The van der Waals surface area contributed by atoms with Gasteiger partial charge in [0, 0.05) is 13.5 Å². The lowest BCUT2D eigenvalue weighted by Crippen LogP contribution is -2.40. The maximum atomic E-state index is 11.4. The third-order valence-electron chi connectivity index (χ3n) is 2.18. The number of aliphatic carboxylic acids is 1. The smallest absolute Gasteiger partial charge is 0.323 e. The SMILES string of the molecule is CC(C)CCC(=O)NCC(=O)N(C)CC(=O)O. The summed E-state index contributed by atoms with van der Waals surface area (Å²) >= 11 is 0. The van der Waals surface area contributed by atoms with Crippen LogP contribution in [-0.2, 0) is 14.4 Å². The highest BCUT2D eigenvalue weighted by atomic mass is 16.4. The average molecular weight is 244 g/mol. The van der Waals surface area contributed by atoms with Gasteiger partial charge in [-0.1, -0.05) is 13.8 Å². The maximum Gasteiger partial charge on any atom is 0.323 e. The molecule has 0 aromatic carbocycles. The molecule has 0 aromatic rings. The third-order valence-corrected chi connectivity index (χ3v) is 2.18. The monoisotopic (exact) mass is 244 g/mol. The Morgan fingerprint density at radius 2 is 1.88 bits per heavy atom. The normalized spacial score (nSPS) is 10.1. The van der Waals surface area contributed by atoms with Crippen LogP contribution in [0.5, 0.6) is 0 Å². The molecule has 0 aliphatic rings. The van der Waals surface area contributed by atoms with Crippen LogP contribution < -0.4 is 5.32 Å². The van der Waals surface area contributed by atoms with Crippen LogP contribution in [0, 0.1) is 5.92 Å². The van der Waals surface area contributed by atoms with Gasteiger partial charge < -0.3 is 15.3 Å². The molecule has 0 bridgehead atoms. The van der Waals surface area contributed by atoms with Gasteiger partial charge in [0.1, 0.15) is 6.54 Å². The van der Waals surface area contributed by atoms with Crippen molar-refractivity contribution >= 4 is 17.8 Å². The van der Waals surface area contributed by atoms with Crippen molar-refractivity contribution in [2.24, 2.45) is 5.92 Å². The van der Waals surface area contributed by atoms with E-state index in [0.717, 1.165) is 11.3 Å². The molecule has 2 N–H and O–H groups in total. The number of hydrogen-bond acceptors (Lipinski definition) is 3. The van der Waals surface area contributed by atoms with Crippen molar-refractivity contribution < 1.29 is 19.5 Å². The molecule has 0 saturated heterocycles. The lowest BCUT2D eigenvalue weighted by molar-refractivity contribution is -0.143. The van der Waals surface area contributed by atoms with E-state index in [1.54, 1.807) is 0 Å². The molecule has 0 fully saturated rings. The van der Waals surface area contributed by atoms with E-state index < -0.39 is 11.9 Å². The second-order valence-electron chi connectivity index (χ2n) is 4.35. The zero-order chi connectivity index (χ0) is 13.4. The number of rotatable bonds is 7. The minimum atomic E-state index is -1.08. The molecule has 6 heteroatoms. The van der Waals surface area contributed by atoms with Crippen molar-refractivity contribution in [3.05, 3.63) is 0 Å². The van der Waals surface area contributed by atoms with Gasteiger partial charge in [-0.3, -0.25) is 14.4 Å². The maximum absolute atomic E-state index is 11.4. The zero-order valence-corrected chi connectivity index (χ0v) is 10.5. The Morgan fingerprint density at radius 3 is 2.35 bits per heavy atom. The first-order valence-corrected chi connectivity index (χ1v) is 5.55. The fourth-order valence-electron chi connectivity index (χ4n) is 1.11. The van der Waals surface area contributed by atoms with Crippen LogP contribution in [0.1, 0.15) is 26.7 Å². The molecule has 2 amide bonds. The topological polar surface area (TPSA) is 86.7 Å². The van der Waals surface area contributed by atoms with Gasteiger partial charge in [0.25, 0.3) is 0 Å². The zero-order valence-electron chi connectivity index (χ0n) is 10.5. The van der Waals surface area contributed by atoms with E-state index in [2.05, 4.69) is 5.32 Å². The summed E-state index contributed by atoms with van der Waals surface area (Å²) in [6.45, 7) is 3.51. The predicted octanol–water partition coefficient (Wildman–Crippen LogP) is 0.0818. The Morgan fingerprint density at radius 1 is 1.29 bits per heavy atom. The summed E-state index contributed by atoms with van der Waals surface area (Å²) in [7, 11) is 1.39. The number of nitrogens with one attached hydrogen (secondary N) is 1. The summed E-state index contributed by atoms with van der Waals surface area (Å²) in [5, 5.41) is 10.9. The Kier molecular flexibility index (Phi) is 6.93. The van der Waals surface area contributed by atoms with E-state index in [1.807, 2.05) is 13.8 Å². The summed E-state index contributed by atoms with van der Waals surface area (Å²) in [5.41, 5.74) is 0. The van der Waals surface area contributed by atoms with Crippen molar-refractivity contribution in [3.8, 4) is 0 Å². The number of carbonyl (C=O) groups excluding carboxylic acids is 2. The highest BCUT2D eigenvalue weighted by molar-refractivity contribution is 5.86. The summed E-state index contributed by atoms with van der Waals surface area (Å²) in [6.07, 6.45) is 1.15. The Balaban J connectivity index is 3.83. The molecule has 0 heterocycles. The summed E-state index contributed by atoms with van der Waals surface area (Å²) in [6, 6.07) is 0. The Hall–Kier alpha value is -1.59. The standard InChI is InChI=1S/C11H20N2O4/c1-8(2)4-5-9(14)12-6-10(15)13(3)7-11(16)17/h8H,4-7H2,1-3H3,(H,12,14)(H,16,17). The second-order valence-corrected chi connectivity index (χ2v) is 4.35. The largest absolute Gasteiger partial charge is 0.480 e. The van der Waals surface area contributed by atoms with Gasteiger partial charge in [0.2, 0.25) is 11.8 Å². The molecule has 0 saturated carbocycles. The van der Waals surface area contributed by atoms with Gasteiger partial charge in [0.05, 0.1) is 6.54 Å². The highest BCUT2D eigenvalue weighted by Gasteiger charge is 2.12. The molecule has 0 atom stereocenters. The van der Waals surface area contributed by atoms with Crippen LogP contribution in [0.2, 0.25) is 0 Å². The molecular weight excluding hydrogens is 224 g/mol. The first kappa shape index (κ1) is 15.4. The molecule has 6 nitrogen and oxygen atoms in total. The molecule has 98 valence electrons. The molecule has 0 aromatic heterocycles. The lowest BCUT2D eigenvalue weighted by Gasteiger charge is -2.14.